The zero-order chi connectivity index (χ0) is 13.2. The van der Waals surface area contributed by atoms with Crippen molar-refractivity contribution in [1.29, 1.82) is 0 Å². The maximum Gasteiger partial charge on any atom is 0.0555 e. The lowest BCUT2D eigenvalue weighted by molar-refractivity contribution is 0.642. The van der Waals surface area contributed by atoms with Gasteiger partial charge in [-0.2, -0.15) is 0 Å². The number of halogens is 1. The molecule has 1 atom stereocenters. The van der Waals surface area contributed by atoms with Crippen molar-refractivity contribution < 1.29 is 0 Å². The summed E-state index contributed by atoms with van der Waals surface area (Å²) < 4.78 is 0. The Kier molecular flexibility index (Phi) is 4.97. The normalized spacial score (nSPS) is 14.0. The summed E-state index contributed by atoms with van der Waals surface area (Å²) in [5.41, 5.74) is 2.63. The largest absolute Gasteiger partial charge is 0.336 e. The van der Waals surface area contributed by atoms with Crippen molar-refractivity contribution in [1.82, 2.24) is 5.32 Å². The lowest BCUT2D eigenvalue weighted by Gasteiger charge is -2.37. The predicted molar refractivity (Wildman–Crippen MR) is 89.8 cm³/mol. The summed E-state index contributed by atoms with van der Waals surface area (Å²) >= 11 is 1.86. The predicted octanol–water partition coefficient (Wildman–Crippen LogP) is 4.32. The van der Waals surface area contributed by atoms with Crippen LogP contribution < -0.4 is 10.2 Å². The second-order valence-corrected chi connectivity index (χ2v) is 5.90. The van der Waals surface area contributed by atoms with E-state index >= 15 is 0 Å². The van der Waals surface area contributed by atoms with E-state index in [0.717, 1.165) is 6.54 Å². The molecular weight excluding hydrogens is 288 g/mol. The molecular formula is C16H19ClN2S. The number of hydrogen-bond acceptors (Lipinski definition) is 3. The minimum absolute atomic E-state index is 0. The second-order valence-electron chi connectivity index (χ2n) is 4.81. The van der Waals surface area contributed by atoms with Gasteiger partial charge >= 0.3 is 0 Å². The van der Waals surface area contributed by atoms with Gasteiger partial charge in [-0.05, 0) is 38.2 Å². The second kappa shape index (κ2) is 6.53. The summed E-state index contributed by atoms with van der Waals surface area (Å²) in [6.07, 6.45) is 0. The SMILES string of the molecule is CNCC(C)N1c2ccccc2Sc2ccccc21.Cl. The summed E-state index contributed by atoms with van der Waals surface area (Å²) in [5.74, 6) is 0. The topological polar surface area (TPSA) is 15.3 Å². The van der Waals surface area contributed by atoms with Gasteiger partial charge in [0.2, 0.25) is 0 Å². The Labute approximate surface area is 131 Å². The highest BCUT2D eigenvalue weighted by Crippen LogP contribution is 2.48. The number of para-hydroxylation sites is 2. The fourth-order valence-electron chi connectivity index (χ4n) is 2.59. The van der Waals surface area contributed by atoms with Gasteiger partial charge in [-0.3, -0.25) is 0 Å². The fourth-order valence-corrected chi connectivity index (χ4v) is 3.67. The van der Waals surface area contributed by atoms with Crippen LogP contribution in [0.3, 0.4) is 0 Å². The Morgan fingerprint density at radius 1 is 1.00 bits per heavy atom. The lowest BCUT2D eigenvalue weighted by atomic mass is 10.1. The monoisotopic (exact) mass is 306 g/mol. The number of rotatable bonds is 3. The number of hydrogen-bond donors (Lipinski definition) is 1. The van der Waals surface area contributed by atoms with Crippen LogP contribution in [0.25, 0.3) is 0 Å². The molecule has 2 nitrogen and oxygen atoms in total. The average molecular weight is 307 g/mol. The first-order valence-corrected chi connectivity index (χ1v) is 7.42. The van der Waals surface area contributed by atoms with Crippen LogP contribution in [0, 0.1) is 0 Å². The van der Waals surface area contributed by atoms with Crippen molar-refractivity contribution in [3.05, 3.63) is 48.5 Å². The number of nitrogens with one attached hydrogen (secondary N) is 1. The van der Waals surface area contributed by atoms with Gasteiger partial charge in [-0.1, -0.05) is 36.0 Å². The maximum atomic E-state index is 3.28. The molecule has 0 saturated heterocycles. The molecule has 1 unspecified atom stereocenters. The van der Waals surface area contributed by atoms with Crippen LogP contribution in [0.15, 0.2) is 58.3 Å². The van der Waals surface area contributed by atoms with Gasteiger partial charge in [0.15, 0.2) is 0 Å². The van der Waals surface area contributed by atoms with Gasteiger partial charge in [0.25, 0.3) is 0 Å². The molecule has 0 amide bonds. The molecule has 0 radical (unpaired) electrons. The molecule has 1 heterocycles. The van der Waals surface area contributed by atoms with E-state index in [9.17, 15) is 0 Å². The van der Waals surface area contributed by atoms with Crippen molar-refractivity contribution in [2.75, 3.05) is 18.5 Å². The average Bonchev–Trinajstić information content (AvgIpc) is 2.44. The number of fused-ring (bicyclic) bond motifs is 2. The molecule has 4 heteroatoms. The molecule has 0 aliphatic carbocycles. The highest BCUT2D eigenvalue weighted by Gasteiger charge is 2.25. The lowest BCUT2D eigenvalue weighted by Crippen LogP contribution is -2.37. The van der Waals surface area contributed by atoms with Gasteiger partial charge < -0.3 is 10.2 Å². The van der Waals surface area contributed by atoms with E-state index in [1.807, 2.05) is 18.8 Å². The molecule has 106 valence electrons. The molecule has 0 spiro atoms. The van der Waals surface area contributed by atoms with Gasteiger partial charge in [0.05, 0.1) is 11.4 Å². The highest BCUT2D eigenvalue weighted by atomic mass is 35.5. The molecule has 1 aliphatic heterocycles. The molecule has 0 aromatic heterocycles. The zero-order valence-electron chi connectivity index (χ0n) is 11.7. The molecule has 0 fully saturated rings. The first-order valence-electron chi connectivity index (χ1n) is 6.61. The van der Waals surface area contributed by atoms with E-state index < -0.39 is 0 Å². The highest BCUT2D eigenvalue weighted by molar-refractivity contribution is 7.99. The summed E-state index contributed by atoms with van der Waals surface area (Å²) in [6, 6.07) is 17.7. The van der Waals surface area contributed by atoms with Crippen LogP contribution in [0.1, 0.15) is 6.92 Å². The summed E-state index contributed by atoms with van der Waals surface area (Å²) in [6.45, 7) is 3.23. The Morgan fingerprint density at radius 2 is 1.50 bits per heavy atom. The summed E-state index contributed by atoms with van der Waals surface area (Å²) in [7, 11) is 2.01. The van der Waals surface area contributed by atoms with Crippen molar-refractivity contribution in [2.24, 2.45) is 0 Å². The van der Waals surface area contributed by atoms with Gasteiger partial charge in [-0.25, -0.2) is 0 Å². The quantitative estimate of drug-likeness (QED) is 0.909. The van der Waals surface area contributed by atoms with Crippen molar-refractivity contribution >= 4 is 35.5 Å². The first-order chi connectivity index (χ1) is 9.31. The minimum atomic E-state index is 0. The molecule has 2 aromatic carbocycles. The van der Waals surface area contributed by atoms with E-state index in [4.69, 9.17) is 0 Å². The molecule has 1 N–H and O–H groups in total. The van der Waals surface area contributed by atoms with Crippen molar-refractivity contribution in [3.8, 4) is 0 Å². The minimum Gasteiger partial charge on any atom is -0.336 e. The zero-order valence-corrected chi connectivity index (χ0v) is 13.3. The molecule has 2 aromatic rings. The standard InChI is InChI=1S/C16H18N2S.ClH/c1-12(11-17-2)18-13-7-3-5-9-15(13)19-16-10-6-4-8-14(16)18;/h3-10,12,17H,11H2,1-2H3;1H. The van der Waals surface area contributed by atoms with Crippen LogP contribution in [0.2, 0.25) is 0 Å². The van der Waals surface area contributed by atoms with E-state index in [1.54, 1.807) is 0 Å². The Morgan fingerprint density at radius 3 is 2.00 bits per heavy atom. The van der Waals surface area contributed by atoms with Crippen LogP contribution in [-0.4, -0.2) is 19.6 Å². The van der Waals surface area contributed by atoms with Crippen LogP contribution in [0.4, 0.5) is 11.4 Å². The van der Waals surface area contributed by atoms with E-state index in [2.05, 4.69) is 65.7 Å². The number of benzene rings is 2. The first kappa shape index (κ1) is 15.2. The van der Waals surface area contributed by atoms with Gasteiger partial charge in [-0.15, -0.1) is 12.4 Å². The molecule has 20 heavy (non-hydrogen) atoms. The summed E-state index contributed by atoms with van der Waals surface area (Å²) in [4.78, 5) is 5.12. The molecule has 0 bridgehead atoms. The van der Waals surface area contributed by atoms with E-state index in [-0.39, 0.29) is 12.4 Å². The van der Waals surface area contributed by atoms with Crippen LogP contribution >= 0.6 is 24.2 Å². The number of anilines is 2. The molecule has 0 saturated carbocycles. The Balaban J connectivity index is 0.00000147. The number of likely N-dealkylation sites (N-methyl/N-ethyl adjacent to an activating group) is 1. The number of nitrogens with zero attached hydrogens (tertiary/aromatic N) is 1. The molecule has 1 aliphatic rings. The van der Waals surface area contributed by atoms with E-state index in [1.165, 1.54) is 21.2 Å². The van der Waals surface area contributed by atoms with Gasteiger partial charge in [0.1, 0.15) is 0 Å². The smallest absolute Gasteiger partial charge is 0.0555 e. The third-order valence-electron chi connectivity index (χ3n) is 3.41. The van der Waals surface area contributed by atoms with Crippen molar-refractivity contribution in [3.63, 3.8) is 0 Å². The summed E-state index contributed by atoms with van der Waals surface area (Å²) in [5, 5.41) is 3.28. The maximum absolute atomic E-state index is 3.28. The van der Waals surface area contributed by atoms with Crippen LogP contribution in [0.5, 0.6) is 0 Å². The molecule has 3 rings (SSSR count). The van der Waals surface area contributed by atoms with Crippen LogP contribution in [-0.2, 0) is 0 Å². The fraction of sp³-hybridized carbons (Fsp3) is 0.250. The van der Waals surface area contributed by atoms with Crippen molar-refractivity contribution in [2.45, 2.75) is 22.8 Å². The Hall–Kier alpha value is -1.16. The third kappa shape index (κ3) is 2.66. The third-order valence-corrected chi connectivity index (χ3v) is 4.54. The van der Waals surface area contributed by atoms with Gasteiger partial charge in [0, 0.05) is 22.4 Å². The van der Waals surface area contributed by atoms with E-state index in [0.29, 0.717) is 6.04 Å². The Bertz CT molecular complexity index is 543.